The van der Waals surface area contributed by atoms with Crippen LogP contribution in [0.25, 0.3) is 0 Å². The summed E-state index contributed by atoms with van der Waals surface area (Å²) in [6.07, 6.45) is 79.8. The molecule has 0 N–H and O–H groups in total. The summed E-state index contributed by atoms with van der Waals surface area (Å²) in [5.41, 5.74) is 0. The van der Waals surface area contributed by atoms with Gasteiger partial charge in [-0.3, -0.25) is 14.4 Å². The monoisotopic (exact) mass is 1000 g/mol. The zero-order valence-electron chi connectivity index (χ0n) is 47.2. The van der Waals surface area contributed by atoms with E-state index in [1.807, 2.05) is 0 Å². The van der Waals surface area contributed by atoms with Crippen LogP contribution in [0.3, 0.4) is 0 Å². The molecule has 0 aromatic rings. The van der Waals surface area contributed by atoms with Crippen molar-refractivity contribution in [1.29, 1.82) is 0 Å². The standard InChI is InChI=1S/C66H112O6/c1-4-7-10-13-16-19-22-25-28-30-31-32-33-34-35-36-39-41-44-47-50-53-56-59-65(68)71-62-63(61-70-64(67)58-55-52-49-46-43-40-37-27-24-21-18-15-12-9-6-3)72-66(69)60-57-54-51-48-45-42-38-29-26-23-20-17-14-11-8-5-2/h9,12,18,20-23,25,27,29-31,37-38,43,46,63H,4-8,10-11,13-17,19,24,26,28,32-36,39-42,44-45,47-62H2,1-3H3/b12-9-,21-18-,23-20-,25-22-,31-30-,37-27-,38-29-,46-43-. The molecule has 0 saturated carbocycles. The number of esters is 3. The lowest BCUT2D eigenvalue weighted by Gasteiger charge is -2.18. The summed E-state index contributed by atoms with van der Waals surface area (Å²) in [5, 5.41) is 0. The van der Waals surface area contributed by atoms with Gasteiger partial charge in [0.05, 0.1) is 0 Å². The van der Waals surface area contributed by atoms with Crippen molar-refractivity contribution in [1.82, 2.24) is 0 Å². The molecule has 1 unspecified atom stereocenters. The number of carbonyl (C=O) groups excluding carboxylic acids is 3. The first-order valence-electron chi connectivity index (χ1n) is 30.2. The zero-order valence-corrected chi connectivity index (χ0v) is 47.2. The van der Waals surface area contributed by atoms with Crippen LogP contribution in [0.2, 0.25) is 0 Å². The third-order valence-electron chi connectivity index (χ3n) is 12.8. The quantitative estimate of drug-likeness (QED) is 0.0261. The summed E-state index contributed by atoms with van der Waals surface area (Å²) in [5.74, 6) is -0.952. The average molecular weight is 1000 g/mol. The van der Waals surface area contributed by atoms with Crippen LogP contribution in [0.4, 0.5) is 0 Å². The van der Waals surface area contributed by atoms with E-state index in [1.54, 1.807) is 0 Å². The van der Waals surface area contributed by atoms with Crippen LogP contribution in [0.15, 0.2) is 97.2 Å². The maximum Gasteiger partial charge on any atom is 0.306 e. The Morgan fingerprint density at radius 1 is 0.292 bits per heavy atom. The fourth-order valence-corrected chi connectivity index (χ4v) is 8.26. The van der Waals surface area contributed by atoms with E-state index in [1.165, 1.54) is 128 Å². The number of allylic oxidation sites excluding steroid dienone is 16. The number of carbonyl (C=O) groups is 3. The van der Waals surface area contributed by atoms with Gasteiger partial charge in [-0.05, 0) is 122 Å². The number of unbranched alkanes of at least 4 members (excludes halogenated alkanes) is 27. The highest BCUT2D eigenvalue weighted by Crippen LogP contribution is 2.15. The van der Waals surface area contributed by atoms with Crippen molar-refractivity contribution in [2.45, 2.75) is 290 Å². The largest absolute Gasteiger partial charge is 0.462 e. The number of ether oxygens (including phenoxy) is 3. The second kappa shape index (κ2) is 59.9. The van der Waals surface area contributed by atoms with Crippen LogP contribution in [-0.4, -0.2) is 37.2 Å². The molecule has 72 heavy (non-hydrogen) atoms. The van der Waals surface area contributed by atoms with Gasteiger partial charge >= 0.3 is 17.9 Å². The highest BCUT2D eigenvalue weighted by molar-refractivity contribution is 5.71. The molecule has 0 rings (SSSR count). The fourth-order valence-electron chi connectivity index (χ4n) is 8.26. The molecule has 0 saturated heterocycles. The van der Waals surface area contributed by atoms with Crippen LogP contribution in [0.1, 0.15) is 284 Å². The SMILES string of the molecule is CC/C=C\C/C=C\C/C=C\C/C=C\CCCCC(=O)OCC(COC(=O)CCCCCCCCCCCCC/C=C\C/C=C\CCCCCCC)OC(=O)CCCCCCC/C=C\C/C=C\CCCCCC. The van der Waals surface area contributed by atoms with E-state index in [-0.39, 0.29) is 31.1 Å². The highest BCUT2D eigenvalue weighted by atomic mass is 16.6. The predicted molar refractivity (Wildman–Crippen MR) is 311 cm³/mol. The third kappa shape index (κ3) is 57.2. The maximum atomic E-state index is 12.9. The van der Waals surface area contributed by atoms with Gasteiger partial charge in [-0.15, -0.1) is 0 Å². The third-order valence-corrected chi connectivity index (χ3v) is 12.8. The molecule has 0 aliphatic carbocycles. The molecule has 0 amide bonds. The van der Waals surface area contributed by atoms with Gasteiger partial charge in [-0.25, -0.2) is 0 Å². The van der Waals surface area contributed by atoms with Gasteiger partial charge in [0.15, 0.2) is 6.10 Å². The van der Waals surface area contributed by atoms with E-state index >= 15 is 0 Å². The van der Waals surface area contributed by atoms with Crippen molar-refractivity contribution in [2.24, 2.45) is 0 Å². The van der Waals surface area contributed by atoms with E-state index < -0.39 is 6.10 Å². The maximum absolute atomic E-state index is 12.9. The minimum atomic E-state index is -0.804. The fraction of sp³-hybridized carbons (Fsp3) is 0.712. The molecule has 0 aromatic heterocycles. The molecule has 0 heterocycles. The van der Waals surface area contributed by atoms with E-state index in [0.717, 1.165) is 116 Å². The van der Waals surface area contributed by atoms with Gasteiger partial charge in [0, 0.05) is 19.3 Å². The zero-order chi connectivity index (χ0) is 52.2. The molecular weight excluding hydrogens is 889 g/mol. The van der Waals surface area contributed by atoms with Crippen LogP contribution < -0.4 is 0 Å². The van der Waals surface area contributed by atoms with Crippen molar-refractivity contribution < 1.29 is 28.6 Å². The van der Waals surface area contributed by atoms with Gasteiger partial charge in [0.2, 0.25) is 0 Å². The first-order chi connectivity index (χ1) is 35.5. The molecule has 6 heteroatoms. The van der Waals surface area contributed by atoms with Crippen LogP contribution in [0, 0.1) is 0 Å². The van der Waals surface area contributed by atoms with Gasteiger partial charge < -0.3 is 14.2 Å². The van der Waals surface area contributed by atoms with E-state index in [4.69, 9.17) is 14.2 Å². The highest BCUT2D eigenvalue weighted by Gasteiger charge is 2.19. The normalized spacial score (nSPS) is 12.8. The lowest BCUT2D eigenvalue weighted by atomic mass is 10.0. The van der Waals surface area contributed by atoms with Crippen molar-refractivity contribution >= 4 is 17.9 Å². The molecule has 6 nitrogen and oxygen atoms in total. The molecule has 0 fully saturated rings. The Kier molecular flexibility index (Phi) is 56.8. The van der Waals surface area contributed by atoms with Crippen molar-refractivity contribution in [3.05, 3.63) is 97.2 Å². The Morgan fingerprint density at radius 2 is 0.542 bits per heavy atom. The average Bonchev–Trinajstić information content (AvgIpc) is 3.38. The van der Waals surface area contributed by atoms with Gasteiger partial charge in [-0.1, -0.05) is 240 Å². The van der Waals surface area contributed by atoms with Crippen molar-refractivity contribution in [3.8, 4) is 0 Å². The summed E-state index contributed by atoms with van der Waals surface area (Å²) in [6.45, 7) is 6.46. The lowest BCUT2D eigenvalue weighted by Crippen LogP contribution is -2.30. The van der Waals surface area contributed by atoms with E-state index in [2.05, 4.69) is 118 Å². The Labute approximate surface area is 445 Å². The Bertz CT molecular complexity index is 1430. The molecule has 0 spiro atoms. The Hall–Kier alpha value is -3.67. The van der Waals surface area contributed by atoms with Gasteiger partial charge in [0.25, 0.3) is 0 Å². The van der Waals surface area contributed by atoms with E-state index in [9.17, 15) is 14.4 Å². The van der Waals surface area contributed by atoms with Gasteiger partial charge in [0.1, 0.15) is 13.2 Å². The minimum absolute atomic E-state index is 0.0976. The second-order valence-corrected chi connectivity index (χ2v) is 19.9. The second-order valence-electron chi connectivity index (χ2n) is 19.9. The van der Waals surface area contributed by atoms with Crippen LogP contribution in [-0.2, 0) is 28.6 Å². The van der Waals surface area contributed by atoms with Crippen LogP contribution in [0.5, 0.6) is 0 Å². The summed E-state index contributed by atoms with van der Waals surface area (Å²) in [6, 6.07) is 0. The molecule has 0 radical (unpaired) electrons. The van der Waals surface area contributed by atoms with Crippen molar-refractivity contribution in [3.63, 3.8) is 0 Å². The Morgan fingerprint density at radius 3 is 0.889 bits per heavy atom. The molecule has 1 atom stereocenters. The summed E-state index contributed by atoms with van der Waals surface area (Å²) >= 11 is 0. The number of hydrogen-bond acceptors (Lipinski definition) is 6. The first kappa shape index (κ1) is 68.3. The predicted octanol–water partition coefficient (Wildman–Crippen LogP) is 20.5. The minimum Gasteiger partial charge on any atom is -0.462 e. The summed E-state index contributed by atoms with van der Waals surface area (Å²) in [4.78, 5) is 38.2. The van der Waals surface area contributed by atoms with E-state index in [0.29, 0.717) is 19.3 Å². The molecular formula is C66H112O6. The molecule has 0 aliphatic heterocycles. The van der Waals surface area contributed by atoms with Gasteiger partial charge in [-0.2, -0.15) is 0 Å². The first-order valence-corrected chi connectivity index (χ1v) is 30.2. The molecule has 0 aromatic carbocycles. The number of hydrogen-bond donors (Lipinski definition) is 0. The van der Waals surface area contributed by atoms with Crippen LogP contribution >= 0.6 is 0 Å². The number of rotatable bonds is 54. The Balaban J connectivity index is 4.40. The molecule has 0 aliphatic rings. The van der Waals surface area contributed by atoms with Crippen molar-refractivity contribution in [2.75, 3.05) is 13.2 Å². The molecule has 0 bridgehead atoms. The topological polar surface area (TPSA) is 78.9 Å². The lowest BCUT2D eigenvalue weighted by molar-refractivity contribution is -0.167. The summed E-state index contributed by atoms with van der Waals surface area (Å²) in [7, 11) is 0. The summed E-state index contributed by atoms with van der Waals surface area (Å²) < 4.78 is 16.8. The molecule has 412 valence electrons. The smallest absolute Gasteiger partial charge is 0.306 e.